The summed E-state index contributed by atoms with van der Waals surface area (Å²) >= 11 is 0. The summed E-state index contributed by atoms with van der Waals surface area (Å²) in [7, 11) is 0. The summed E-state index contributed by atoms with van der Waals surface area (Å²) < 4.78 is 0. The van der Waals surface area contributed by atoms with Gasteiger partial charge in [-0.15, -0.1) is 0 Å². The van der Waals surface area contributed by atoms with Crippen molar-refractivity contribution in [2.45, 2.75) is 54.4 Å². The molecule has 0 amide bonds. The molecule has 0 radical (unpaired) electrons. The third-order valence-electron chi connectivity index (χ3n) is 3.40. The zero-order valence-corrected chi connectivity index (χ0v) is 8.43. The van der Waals surface area contributed by atoms with E-state index >= 15 is 0 Å². The average Bonchev–Trinajstić information content (AvgIpc) is 2.33. The number of hydrogen-bond donors (Lipinski definition) is 0. The van der Waals surface area contributed by atoms with Crippen LogP contribution < -0.4 is 0 Å². The van der Waals surface area contributed by atoms with Crippen molar-refractivity contribution >= 4 is 0 Å². The van der Waals surface area contributed by atoms with Gasteiger partial charge < -0.3 is 0 Å². The zero-order valence-electron chi connectivity index (χ0n) is 8.43. The summed E-state index contributed by atoms with van der Waals surface area (Å²) in [5.41, 5.74) is 0. The molecule has 1 aliphatic carbocycles. The summed E-state index contributed by atoms with van der Waals surface area (Å²) in [5, 5.41) is 0. The normalized spacial score (nSPS) is 29.5. The van der Waals surface area contributed by atoms with Crippen LogP contribution in [0.25, 0.3) is 0 Å². The Morgan fingerprint density at radius 1 is 0.833 bits per heavy atom. The molecule has 0 nitrogen and oxygen atoms in total. The first kappa shape index (κ1) is 12.0. The molecule has 0 aromatic rings. The van der Waals surface area contributed by atoms with Crippen LogP contribution in [0.4, 0.5) is 0 Å². The SMILES string of the molecule is C.CC(C)[C@@H]1CC[C@H](C(C)C)C1. The van der Waals surface area contributed by atoms with E-state index in [0.717, 1.165) is 23.7 Å². The van der Waals surface area contributed by atoms with Crippen molar-refractivity contribution in [1.82, 2.24) is 0 Å². The first-order valence-electron chi connectivity index (χ1n) is 5.11. The molecule has 0 aromatic carbocycles. The fourth-order valence-electron chi connectivity index (χ4n) is 2.26. The molecular formula is C12H26. The van der Waals surface area contributed by atoms with E-state index in [1.54, 1.807) is 0 Å². The van der Waals surface area contributed by atoms with Gasteiger partial charge in [-0.05, 0) is 42.9 Å². The van der Waals surface area contributed by atoms with Gasteiger partial charge >= 0.3 is 0 Å². The van der Waals surface area contributed by atoms with Crippen LogP contribution in [0.2, 0.25) is 0 Å². The van der Waals surface area contributed by atoms with Gasteiger partial charge in [-0.25, -0.2) is 0 Å². The van der Waals surface area contributed by atoms with E-state index in [2.05, 4.69) is 27.7 Å². The van der Waals surface area contributed by atoms with E-state index in [1.807, 2.05) is 0 Å². The Kier molecular flexibility index (Phi) is 4.89. The number of rotatable bonds is 2. The molecule has 1 aliphatic rings. The molecule has 74 valence electrons. The molecule has 0 aromatic heterocycles. The second-order valence-corrected chi connectivity index (χ2v) is 4.82. The summed E-state index contributed by atoms with van der Waals surface area (Å²) in [5.74, 6) is 3.89. The molecule has 0 N–H and O–H groups in total. The molecule has 0 heteroatoms. The second-order valence-electron chi connectivity index (χ2n) is 4.82. The van der Waals surface area contributed by atoms with Crippen molar-refractivity contribution in [3.63, 3.8) is 0 Å². The smallest absolute Gasteiger partial charge is 0.0388 e. The minimum Gasteiger partial charge on any atom is -0.0776 e. The third kappa shape index (κ3) is 2.80. The van der Waals surface area contributed by atoms with Crippen molar-refractivity contribution in [1.29, 1.82) is 0 Å². The molecular weight excluding hydrogens is 144 g/mol. The molecule has 1 rings (SSSR count). The molecule has 2 atom stereocenters. The highest BCUT2D eigenvalue weighted by Gasteiger charge is 2.28. The van der Waals surface area contributed by atoms with Gasteiger partial charge in [0.2, 0.25) is 0 Å². The molecule has 0 unspecified atom stereocenters. The van der Waals surface area contributed by atoms with Crippen LogP contribution >= 0.6 is 0 Å². The lowest BCUT2D eigenvalue weighted by atomic mass is 9.89. The summed E-state index contributed by atoms with van der Waals surface area (Å²) in [6.45, 7) is 9.47. The lowest BCUT2D eigenvalue weighted by molar-refractivity contribution is 0.340. The zero-order chi connectivity index (χ0) is 8.43. The Morgan fingerprint density at radius 3 is 1.33 bits per heavy atom. The topological polar surface area (TPSA) is 0 Å². The van der Waals surface area contributed by atoms with Gasteiger partial charge in [-0.3, -0.25) is 0 Å². The molecule has 0 saturated heterocycles. The van der Waals surface area contributed by atoms with Crippen molar-refractivity contribution in [2.75, 3.05) is 0 Å². The van der Waals surface area contributed by atoms with Crippen LogP contribution in [0.3, 0.4) is 0 Å². The van der Waals surface area contributed by atoms with Crippen molar-refractivity contribution in [3.8, 4) is 0 Å². The van der Waals surface area contributed by atoms with Gasteiger partial charge in [0.15, 0.2) is 0 Å². The fraction of sp³-hybridized carbons (Fsp3) is 1.00. The molecule has 0 spiro atoms. The van der Waals surface area contributed by atoms with E-state index in [4.69, 9.17) is 0 Å². The first-order chi connectivity index (χ1) is 5.11. The molecule has 0 bridgehead atoms. The van der Waals surface area contributed by atoms with Crippen molar-refractivity contribution < 1.29 is 0 Å². The monoisotopic (exact) mass is 170 g/mol. The van der Waals surface area contributed by atoms with E-state index in [1.165, 1.54) is 19.3 Å². The van der Waals surface area contributed by atoms with Gasteiger partial charge in [0.05, 0.1) is 0 Å². The molecule has 12 heavy (non-hydrogen) atoms. The summed E-state index contributed by atoms with van der Waals surface area (Å²) in [4.78, 5) is 0. The molecule has 1 saturated carbocycles. The van der Waals surface area contributed by atoms with E-state index < -0.39 is 0 Å². The Bertz CT molecular complexity index is 99.2. The standard InChI is InChI=1S/C11H22.CH4/c1-8(2)10-5-6-11(7-10)9(3)4;/h8-11H,5-7H2,1-4H3;1H4/t10-,11+;. The maximum atomic E-state index is 2.37. The Balaban J connectivity index is 0.00000121. The number of hydrogen-bond acceptors (Lipinski definition) is 0. The lowest BCUT2D eigenvalue weighted by Gasteiger charge is -2.16. The van der Waals surface area contributed by atoms with Crippen LogP contribution in [0.1, 0.15) is 54.4 Å². The predicted molar refractivity (Wildman–Crippen MR) is 57.2 cm³/mol. The minimum atomic E-state index is 0. The highest BCUT2D eigenvalue weighted by atomic mass is 14.3. The maximum absolute atomic E-state index is 2.37. The fourth-order valence-corrected chi connectivity index (χ4v) is 2.26. The van der Waals surface area contributed by atoms with Gasteiger partial charge in [-0.1, -0.05) is 35.1 Å². The quantitative estimate of drug-likeness (QED) is 0.578. The summed E-state index contributed by atoms with van der Waals surface area (Å²) in [6, 6.07) is 0. The predicted octanol–water partition coefficient (Wildman–Crippen LogP) is 4.35. The van der Waals surface area contributed by atoms with Gasteiger partial charge in [-0.2, -0.15) is 0 Å². The van der Waals surface area contributed by atoms with Gasteiger partial charge in [0.1, 0.15) is 0 Å². The van der Waals surface area contributed by atoms with Gasteiger partial charge in [0.25, 0.3) is 0 Å². The Labute approximate surface area is 78.8 Å². The molecule has 0 heterocycles. The largest absolute Gasteiger partial charge is 0.0776 e. The maximum Gasteiger partial charge on any atom is -0.0388 e. The Hall–Kier alpha value is 0. The van der Waals surface area contributed by atoms with Crippen LogP contribution in [0.5, 0.6) is 0 Å². The molecule has 1 fully saturated rings. The van der Waals surface area contributed by atoms with E-state index in [0.29, 0.717) is 0 Å². The van der Waals surface area contributed by atoms with Gasteiger partial charge in [0, 0.05) is 0 Å². The molecule has 0 aliphatic heterocycles. The minimum absolute atomic E-state index is 0. The third-order valence-corrected chi connectivity index (χ3v) is 3.40. The van der Waals surface area contributed by atoms with Crippen LogP contribution in [0.15, 0.2) is 0 Å². The highest BCUT2D eigenvalue weighted by Crippen LogP contribution is 2.38. The van der Waals surface area contributed by atoms with E-state index in [-0.39, 0.29) is 7.43 Å². The highest BCUT2D eigenvalue weighted by molar-refractivity contribution is 4.78. The van der Waals surface area contributed by atoms with Crippen LogP contribution in [0, 0.1) is 23.7 Å². The van der Waals surface area contributed by atoms with E-state index in [9.17, 15) is 0 Å². The Morgan fingerprint density at radius 2 is 1.17 bits per heavy atom. The first-order valence-corrected chi connectivity index (χ1v) is 5.11. The van der Waals surface area contributed by atoms with Crippen molar-refractivity contribution in [2.24, 2.45) is 23.7 Å². The lowest BCUT2D eigenvalue weighted by Crippen LogP contribution is -2.07. The van der Waals surface area contributed by atoms with Crippen LogP contribution in [-0.2, 0) is 0 Å². The summed E-state index contributed by atoms with van der Waals surface area (Å²) in [6.07, 6.45) is 4.47. The van der Waals surface area contributed by atoms with Crippen molar-refractivity contribution in [3.05, 3.63) is 0 Å². The average molecular weight is 170 g/mol. The van der Waals surface area contributed by atoms with Crippen LogP contribution in [-0.4, -0.2) is 0 Å². The second kappa shape index (κ2) is 4.89.